The molecule has 22 heavy (non-hydrogen) atoms. The molecule has 0 aliphatic carbocycles. The Morgan fingerprint density at radius 2 is 1.91 bits per heavy atom. The molecule has 1 heterocycles. The smallest absolute Gasteiger partial charge is 0.271 e. The summed E-state index contributed by atoms with van der Waals surface area (Å²) in [6.45, 7) is 2.69. The molecule has 0 spiro atoms. The minimum atomic E-state index is -0.233. The molecule has 1 aromatic carbocycles. The molecule has 0 saturated carbocycles. The molecule has 0 bridgehead atoms. The van der Waals surface area contributed by atoms with Gasteiger partial charge in [-0.05, 0) is 18.6 Å². The second-order valence-corrected chi connectivity index (χ2v) is 5.43. The van der Waals surface area contributed by atoms with Crippen molar-refractivity contribution < 1.29 is 4.79 Å². The van der Waals surface area contributed by atoms with Crippen molar-refractivity contribution in [1.82, 2.24) is 15.3 Å². The predicted octanol–water partition coefficient (Wildman–Crippen LogP) is 4.06. The van der Waals surface area contributed by atoms with Crippen LogP contribution in [-0.2, 0) is 0 Å². The van der Waals surface area contributed by atoms with E-state index in [-0.39, 0.29) is 11.6 Å². The number of carbonyl (C=O) groups is 1. The number of para-hydroxylation sites is 1. The van der Waals surface area contributed by atoms with Crippen molar-refractivity contribution >= 4 is 40.6 Å². The average molecular weight is 339 g/mol. The summed E-state index contributed by atoms with van der Waals surface area (Å²) in [6, 6.07) is 5.20. The fourth-order valence-corrected chi connectivity index (χ4v) is 2.22. The predicted molar refractivity (Wildman–Crippen MR) is 89.0 cm³/mol. The molecule has 1 aromatic heterocycles. The van der Waals surface area contributed by atoms with Gasteiger partial charge in [0.25, 0.3) is 5.91 Å². The third-order valence-electron chi connectivity index (χ3n) is 2.92. The number of aromatic nitrogens is 2. The molecule has 0 aliphatic rings. The van der Waals surface area contributed by atoms with Crippen molar-refractivity contribution in [3.05, 3.63) is 46.3 Å². The van der Waals surface area contributed by atoms with E-state index in [1.54, 1.807) is 18.2 Å². The Balaban J connectivity index is 2.04. The van der Waals surface area contributed by atoms with E-state index >= 15 is 0 Å². The maximum Gasteiger partial charge on any atom is 0.271 e. The molecular formula is C15H16Cl2N4O. The lowest BCUT2D eigenvalue weighted by Gasteiger charge is -2.09. The fraction of sp³-hybridized carbons (Fsp3) is 0.267. The molecule has 0 fully saturated rings. The summed E-state index contributed by atoms with van der Waals surface area (Å²) in [5.74, 6) is 0.225. The summed E-state index contributed by atoms with van der Waals surface area (Å²) in [5.41, 5.74) is 0.826. The first-order valence-corrected chi connectivity index (χ1v) is 7.68. The Kier molecular flexibility index (Phi) is 5.98. The number of rotatable bonds is 6. The van der Waals surface area contributed by atoms with Crippen molar-refractivity contribution in [2.45, 2.75) is 19.8 Å². The van der Waals surface area contributed by atoms with E-state index in [2.05, 4.69) is 27.5 Å². The summed E-state index contributed by atoms with van der Waals surface area (Å²) in [4.78, 5) is 20.1. The number of anilines is 2. The number of carbonyl (C=O) groups excluding carboxylic acids is 1. The molecule has 2 aromatic rings. The zero-order chi connectivity index (χ0) is 15.9. The molecule has 0 radical (unpaired) electrons. The molecule has 0 atom stereocenters. The van der Waals surface area contributed by atoms with Crippen LogP contribution in [0.3, 0.4) is 0 Å². The number of hydrogen-bond donors (Lipinski definition) is 2. The number of nitrogens with zero attached hydrogens (tertiary/aromatic N) is 2. The number of halogens is 2. The van der Waals surface area contributed by atoms with E-state index in [0.717, 1.165) is 12.8 Å². The number of benzene rings is 1. The molecule has 0 unspecified atom stereocenters. The minimum Gasteiger partial charge on any atom is -0.351 e. The van der Waals surface area contributed by atoms with Gasteiger partial charge in [-0.3, -0.25) is 4.79 Å². The molecule has 2 N–H and O–H groups in total. The highest BCUT2D eigenvalue weighted by atomic mass is 35.5. The Labute approximate surface area is 139 Å². The summed E-state index contributed by atoms with van der Waals surface area (Å²) < 4.78 is 0. The highest BCUT2D eigenvalue weighted by molar-refractivity contribution is 6.39. The van der Waals surface area contributed by atoms with Gasteiger partial charge in [0.2, 0.25) is 0 Å². The summed E-state index contributed by atoms with van der Waals surface area (Å²) in [7, 11) is 0. The monoisotopic (exact) mass is 338 g/mol. The molecule has 0 saturated heterocycles. The second-order valence-electron chi connectivity index (χ2n) is 4.62. The first-order chi connectivity index (χ1) is 10.6. The van der Waals surface area contributed by atoms with E-state index in [0.29, 0.717) is 28.1 Å². The normalized spacial score (nSPS) is 10.3. The van der Waals surface area contributed by atoms with Crippen LogP contribution >= 0.6 is 23.2 Å². The van der Waals surface area contributed by atoms with E-state index in [9.17, 15) is 4.79 Å². The van der Waals surface area contributed by atoms with E-state index in [1.165, 1.54) is 12.4 Å². The number of nitrogens with one attached hydrogen (secondary N) is 2. The molecule has 2 rings (SSSR count). The molecule has 7 heteroatoms. The topological polar surface area (TPSA) is 66.9 Å². The van der Waals surface area contributed by atoms with Gasteiger partial charge < -0.3 is 10.6 Å². The van der Waals surface area contributed by atoms with Gasteiger partial charge in [-0.1, -0.05) is 42.6 Å². The molecule has 5 nitrogen and oxygen atoms in total. The van der Waals surface area contributed by atoms with Crippen LogP contribution in [0.25, 0.3) is 0 Å². The fourth-order valence-electron chi connectivity index (χ4n) is 1.72. The molecule has 0 aliphatic heterocycles. The van der Waals surface area contributed by atoms with Crippen LogP contribution < -0.4 is 10.6 Å². The lowest BCUT2D eigenvalue weighted by molar-refractivity contribution is 0.0948. The van der Waals surface area contributed by atoms with Gasteiger partial charge in [0, 0.05) is 6.54 Å². The van der Waals surface area contributed by atoms with Gasteiger partial charge in [-0.15, -0.1) is 0 Å². The number of amides is 1. The number of hydrogen-bond acceptors (Lipinski definition) is 4. The standard InChI is InChI=1S/C15H16Cl2N4O/c1-2-3-7-18-15(22)12-8-20-13(9-19-12)21-14-10(16)5-4-6-11(14)17/h4-6,8-9H,2-3,7H2,1H3,(H,18,22)(H,20,21). The lowest BCUT2D eigenvalue weighted by Crippen LogP contribution is -2.25. The van der Waals surface area contributed by atoms with Gasteiger partial charge >= 0.3 is 0 Å². The Morgan fingerprint density at radius 3 is 2.50 bits per heavy atom. The third kappa shape index (κ3) is 4.32. The largest absolute Gasteiger partial charge is 0.351 e. The SMILES string of the molecule is CCCCNC(=O)c1cnc(Nc2c(Cl)cccc2Cl)cn1. The van der Waals surface area contributed by atoms with Gasteiger partial charge in [-0.2, -0.15) is 0 Å². The highest BCUT2D eigenvalue weighted by Gasteiger charge is 2.09. The molecular weight excluding hydrogens is 323 g/mol. The van der Waals surface area contributed by atoms with Crippen LogP contribution in [0, 0.1) is 0 Å². The molecule has 116 valence electrons. The van der Waals surface area contributed by atoms with Crippen molar-refractivity contribution in [2.24, 2.45) is 0 Å². The van der Waals surface area contributed by atoms with E-state index in [4.69, 9.17) is 23.2 Å². The van der Waals surface area contributed by atoms with E-state index < -0.39 is 0 Å². The van der Waals surface area contributed by atoms with E-state index in [1.807, 2.05) is 0 Å². The highest BCUT2D eigenvalue weighted by Crippen LogP contribution is 2.31. The van der Waals surface area contributed by atoms with Crippen LogP contribution in [-0.4, -0.2) is 22.4 Å². The van der Waals surface area contributed by atoms with Crippen LogP contribution in [0.5, 0.6) is 0 Å². The van der Waals surface area contributed by atoms with Crippen LogP contribution in [0.1, 0.15) is 30.3 Å². The maximum absolute atomic E-state index is 11.8. The van der Waals surface area contributed by atoms with Crippen molar-refractivity contribution in [3.63, 3.8) is 0 Å². The maximum atomic E-state index is 11.8. The Hall–Kier alpha value is -1.85. The van der Waals surface area contributed by atoms with Gasteiger partial charge in [0.15, 0.2) is 0 Å². The summed E-state index contributed by atoms with van der Waals surface area (Å²) in [5, 5.41) is 6.74. The lowest BCUT2D eigenvalue weighted by atomic mass is 10.3. The van der Waals surface area contributed by atoms with Crippen molar-refractivity contribution in [3.8, 4) is 0 Å². The second kappa shape index (κ2) is 7.96. The summed E-state index contributed by atoms with van der Waals surface area (Å²) >= 11 is 12.1. The van der Waals surface area contributed by atoms with Crippen LogP contribution in [0.2, 0.25) is 10.0 Å². The third-order valence-corrected chi connectivity index (χ3v) is 3.55. The van der Waals surface area contributed by atoms with Gasteiger partial charge in [-0.25, -0.2) is 9.97 Å². The average Bonchev–Trinajstić information content (AvgIpc) is 2.52. The quantitative estimate of drug-likeness (QED) is 0.779. The van der Waals surface area contributed by atoms with Gasteiger partial charge in [0.1, 0.15) is 11.5 Å². The Morgan fingerprint density at radius 1 is 1.18 bits per heavy atom. The number of unbranched alkanes of at least 4 members (excludes halogenated alkanes) is 1. The molecule has 1 amide bonds. The van der Waals surface area contributed by atoms with Crippen LogP contribution in [0.15, 0.2) is 30.6 Å². The van der Waals surface area contributed by atoms with Gasteiger partial charge in [0.05, 0.1) is 28.1 Å². The van der Waals surface area contributed by atoms with Crippen LogP contribution in [0.4, 0.5) is 11.5 Å². The summed E-state index contributed by atoms with van der Waals surface area (Å²) in [6.07, 6.45) is 4.83. The minimum absolute atomic E-state index is 0.233. The van der Waals surface area contributed by atoms with Crippen molar-refractivity contribution in [2.75, 3.05) is 11.9 Å². The first-order valence-electron chi connectivity index (χ1n) is 6.93. The first kappa shape index (κ1) is 16.5. The Bertz CT molecular complexity index is 626. The van der Waals surface area contributed by atoms with Crippen molar-refractivity contribution in [1.29, 1.82) is 0 Å². The zero-order valence-corrected chi connectivity index (χ0v) is 13.6. The zero-order valence-electron chi connectivity index (χ0n) is 12.1.